The van der Waals surface area contributed by atoms with Crippen LogP contribution < -0.4 is 10.4 Å². The number of rotatable bonds is 6. The van der Waals surface area contributed by atoms with Gasteiger partial charge in [0, 0.05) is 17.1 Å². The molecule has 0 aliphatic heterocycles. The molecule has 0 aliphatic carbocycles. The second kappa shape index (κ2) is 11.9. The second-order valence-corrected chi connectivity index (χ2v) is 11.9. The van der Waals surface area contributed by atoms with Crippen LogP contribution in [0.3, 0.4) is 0 Å². The first-order valence-electron chi connectivity index (χ1n) is 15.9. The molecular formula is C44H32BN. The van der Waals surface area contributed by atoms with E-state index < -0.39 is 0 Å². The summed E-state index contributed by atoms with van der Waals surface area (Å²) in [4.78, 5) is 2.35. The van der Waals surface area contributed by atoms with Gasteiger partial charge in [-0.15, -0.1) is 0 Å². The van der Waals surface area contributed by atoms with Gasteiger partial charge in [-0.3, -0.25) is 0 Å². The fraction of sp³-hybridized carbons (Fsp3) is 0. The van der Waals surface area contributed by atoms with Crippen LogP contribution in [0, 0.1) is 0 Å². The smallest absolute Gasteiger partial charge is 0.139 e. The highest BCUT2D eigenvalue weighted by molar-refractivity contribution is 6.32. The molecule has 0 N–H and O–H groups in total. The van der Waals surface area contributed by atoms with E-state index in [1.54, 1.807) is 0 Å². The van der Waals surface area contributed by atoms with E-state index in [2.05, 4.69) is 195 Å². The molecule has 0 aliphatic rings. The van der Waals surface area contributed by atoms with Gasteiger partial charge in [0.15, 0.2) is 0 Å². The lowest BCUT2D eigenvalue weighted by Crippen LogP contribution is -2.10. The third kappa shape index (κ3) is 5.14. The predicted molar refractivity (Wildman–Crippen MR) is 201 cm³/mol. The first-order chi connectivity index (χ1) is 22.7. The molecule has 0 heterocycles. The van der Waals surface area contributed by atoms with Gasteiger partial charge in [0.2, 0.25) is 0 Å². The summed E-state index contributed by atoms with van der Waals surface area (Å²) in [6.07, 6.45) is 0. The third-order valence-corrected chi connectivity index (χ3v) is 8.93. The Bertz CT molecular complexity index is 2290. The number of benzene rings is 8. The lowest BCUT2D eigenvalue weighted by molar-refractivity contribution is 1.28. The highest BCUT2D eigenvalue weighted by Gasteiger charge is 2.17. The molecule has 8 aromatic rings. The monoisotopic (exact) mass is 585 g/mol. The van der Waals surface area contributed by atoms with Crippen molar-refractivity contribution in [2.24, 2.45) is 0 Å². The number of para-hydroxylation sites is 1. The Labute approximate surface area is 271 Å². The van der Waals surface area contributed by atoms with Gasteiger partial charge in [0.05, 0.1) is 0 Å². The number of nitrogens with zero attached hydrogens (tertiary/aromatic N) is 1. The zero-order valence-electron chi connectivity index (χ0n) is 25.8. The Morgan fingerprint density at radius 3 is 1.59 bits per heavy atom. The van der Waals surface area contributed by atoms with Crippen LogP contribution in [0.4, 0.5) is 17.1 Å². The van der Waals surface area contributed by atoms with Crippen LogP contribution in [0.25, 0.3) is 54.9 Å². The molecule has 0 spiro atoms. The second-order valence-electron chi connectivity index (χ2n) is 11.9. The lowest BCUT2D eigenvalue weighted by atomic mass is 9.90. The Morgan fingerprint density at radius 1 is 0.326 bits per heavy atom. The van der Waals surface area contributed by atoms with E-state index >= 15 is 0 Å². The van der Waals surface area contributed by atoms with Crippen molar-refractivity contribution in [3.05, 3.63) is 182 Å². The van der Waals surface area contributed by atoms with E-state index in [1.807, 2.05) is 0 Å². The van der Waals surface area contributed by atoms with Crippen molar-refractivity contribution in [3.8, 4) is 33.4 Å². The van der Waals surface area contributed by atoms with E-state index in [0.29, 0.717) is 0 Å². The third-order valence-electron chi connectivity index (χ3n) is 8.93. The molecule has 46 heavy (non-hydrogen) atoms. The van der Waals surface area contributed by atoms with E-state index in [4.69, 9.17) is 0 Å². The zero-order chi connectivity index (χ0) is 30.9. The van der Waals surface area contributed by atoms with Crippen molar-refractivity contribution < 1.29 is 0 Å². The molecule has 0 aromatic heterocycles. The van der Waals surface area contributed by atoms with Crippen LogP contribution in [0.15, 0.2) is 182 Å². The molecular weight excluding hydrogens is 553 g/mol. The van der Waals surface area contributed by atoms with Crippen molar-refractivity contribution >= 4 is 51.9 Å². The van der Waals surface area contributed by atoms with E-state index in [1.165, 1.54) is 60.4 Å². The van der Waals surface area contributed by atoms with Gasteiger partial charge in [-0.25, -0.2) is 0 Å². The van der Waals surface area contributed by atoms with Crippen LogP contribution in [0.1, 0.15) is 0 Å². The minimum Gasteiger partial charge on any atom is -0.310 e. The van der Waals surface area contributed by atoms with Gasteiger partial charge >= 0.3 is 0 Å². The van der Waals surface area contributed by atoms with Crippen molar-refractivity contribution in [2.75, 3.05) is 4.90 Å². The molecule has 216 valence electrons. The molecule has 0 fully saturated rings. The summed E-state index contributed by atoms with van der Waals surface area (Å²) in [6, 6.07) is 65.8. The maximum atomic E-state index is 2.35. The maximum absolute atomic E-state index is 2.35. The van der Waals surface area contributed by atoms with Crippen LogP contribution in [0.5, 0.6) is 0 Å². The predicted octanol–water partition coefficient (Wildman–Crippen LogP) is 10.7. The highest BCUT2D eigenvalue weighted by Crippen LogP contribution is 2.42. The standard InChI is InChI=1S/C44H32BN/c45-35-23-19-32(20-24-35)40-28-27-38(30-44(40)31-11-3-1-4-12-31)46(36-14-5-2-6-15-36)37-25-21-33(22-26-37)43-29-34-13-7-8-16-39(34)41-17-9-10-18-42(41)43/h1-30H,45H2. The van der Waals surface area contributed by atoms with Crippen LogP contribution in [0.2, 0.25) is 0 Å². The summed E-state index contributed by atoms with van der Waals surface area (Å²) in [6.45, 7) is 0. The topological polar surface area (TPSA) is 3.24 Å². The van der Waals surface area contributed by atoms with Gasteiger partial charge in [-0.1, -0.05) is 145 Å². The molecule has 0 radical (unpaired) electrons. The zero-order valence-corrected chi connectivity index (χ0v) is 25.8. The molecule has 1 nitrogen and oxygen atoms in total. The van der Waals surface area contributed by atoms with Crippen LogP contribution in [-0.4, -0.2) is 7.85 Å². The SMILES string of the molecule is Bc1ccc(-c2ccc(N(c3ccccc3)c3ccc(-c4cc5ccccc5c5ccccc45)cc3)cc2-c2ccccc2)cc1. The molecule has 0 amide bonds. The molecule has 0 unspecified atom stereocenters. The molecule has 0 saturated heterocycles. The first kappa shape index (κ1) is 27.7. The largest absolute Gasteiger partial charge is 0.310 e. The Balaban J connectivity index is 1.27. The van der Waals surface area contributed by atoms with Crippen molar-refractivity contribution in [1.82, 2.24) is 0 Å². The van der Waals surface area contributed by atoms with Crippen LogP contribution in [-0.2, 0) is 0 Å². The molecule has 2 heteroatoms. The Kier molecular flexibility index (Phi) is 7.17. The average molecular weight is 586 g/mol. The van der Waals surface area contributed by atoms with Crippen molar-refractivity contribution in [3.63, 3.8) is 0 Å². The average Bonchev–Trinajstić information content (AvgIpc) is 3.13. The fourth-order valence-electron chi connectivity index (χ4n) is 6.62. The minimum atomic E-state index is 1.11. The maximum Gasteiger partial charge on any atom is 0.139 e. The van der Waals surface area contributed by atoms with Gasteiger partial charge in [-0.05, 0) is 97.4 Å². The number of anilines is 3. The van der Waals surface area contributed by atoms with Crippen molar-refractivity contribution in [1.29, 1.82) is 0 Å². The van der Waals surface area contributed by atoms with E-state index in [-0.39, 0.29) is 0 Å². The van der Waals surface area contributed by atoms with E-state index in [9.17, 15) is 0 Å². The number of hydrogen-bond donors (Lipinski definition) is 0. The van der Waals surface area contributed by atoms with Gasteiger partial charge in [0.25, 0.3) is 0 Å². The van der Waals surface area contributed by atoms with Crippen LogP contribution >= 0.6 is 0 Å². The van der Waals surface area contributed by atoms with Gasteiger partial charge in [-0.2, -0.15) is 0 Å². The molecule has 0 saturated carbocycles. The fourth-order valence-corrected chi connectivity index (χ4v) is 6.62. The summed E-state index contributed by atoms with van der Waals surface area (Å²) >= 11 is 0. The molecule has 0 bridgehead atoms. The number of hydrogen-bond acceptors (Lipinski definition) is 1. The summed E-state index contributed by atoms with van der Waals surface area (Å²) in [5.74, 6) is 0. The summed E-state index contributed by atoms with van der Waals surface area (Å²) in [7, 11) is 2.14. The molecule has 8 aromatic carbocycles. The molecule has 0 atom stereocenters. The highest BCUT2D eigenvalue weighted by atomic mass is 15.1. The minimum absolute atomic E-state index is 1.11. The summed E-state index contributed by atoms with van der Waals surface area (Å²) in [5.41, 5.74) is 11.9. The van der Waals surface area contributed by atoms with E-state index in [0.717, 1.165) is 17.1 Å². The summed E-state index contributed by atoms with van der Waals surface area (Å²) < 4.78 is 0. The van der Waals surface area contributed by atoms with Crippen molar-refractivity contribution in [2.45, 2.75) is 0 Å². The van der Waals surface area contributed by atoms with Gasteiger partial charge in [0.1, 0.15) is 7.85 Å². The Morgan fingerprint density at radius 2 is 0.848 bits per heavy atom. The lowest BCUT2D eigenvalue weighted by Gasteiger charge is -2.27. The molecule has 8 rings (SSSR count). The number of fused-ring (bicyclic) bond motifs is 3. The quantitative estimate of drug-likeness (QED) is 0.139. The van der Waals surface area contributed by atoms with Gasteiger partial charge < -0.3 is 4.90 Å². The summed E-state index contributed by atoms with van der Waals surface area (Å²) in [5, 5.41) is 5.10. The first-order valence-corrected chi connectivity index (χ1v) is 15.9. The Hall–Kier alpha value is -5.86. The normalized spacial score (nSPS) is 11.1.